The second-order valence-corrected chi connectivity index (χ2v) is 12.1. The maximum Gasteiger partial charge on any atom is 0.337 e. The molecule has 0 saturated heterocycles. The van der Waals surface area contributed by atoms with Gasteiger partial charge in [-0.25, -0.2) is 13.2 Å². The number of hydrogen-bond donors (Lipinski definition) is 0. The van der Waals surface area contributed by atoms with Crippen molar-refractivity contribution in [2.75, 3.05) is 7.11 Å². The first-order chi connectivity index (χ1) is 18.7. The summed E-state index contributed by atoms with van der Waals surface area (Å²) in [5, 5.41) is 5.13. The Morgan fingerprint density at radius 1 is 1.05 bits per heavy atom. The zero-order valence-electron chi connectivity index (χ0n) is 20.6. The molecule has 6 rings (SSSR count). The van der Waals surface area contributed by atoms with Crippen LogP contribution in [0.5, 0.6) is 17.2 Å². The number of nitrogens with zero attached hydrogens (tertiary/aromatic N) is 1. The second kappa shape index (κ2) is 9.89. The summed E-state index contributed by atoms with van der Waals surface area (Å²) in [6.45, 7) is 0.0641. The van der Waals surface area contributed by atoms with E-state index in [-0.39, 0.29) is 40.2 Å². The van der Waals surface area contributed by atoms with Crippen molar-refractivity contribution >= 4 is 39.0 Å². The number of methoxy groups -OCH3 is 1. The highest BCUT2D eigenvalue weighted by molar-refractivity contribution is 7.90. The second-order valence-electron chi connectivity index (χ2n) is 9.32. The van der Waals surface area contributed by atoms with Gasteiger partial charge in [0.05, 0.1) is 34.0 Å². The maximum atomic E-state index is 13.3. The predicted molar refractivity (Wildman–Crippen MR) is 143 cm³/mol. The van der Waals surface area contributed by atoms with Gasteiger partial charge in [0.2, 0.25) is 0 Å². The van der Waals surface area contributed by atoms with Crippen molar-refractivity contribution in [2.45, 2.75) is 36.0 Å². The number of carbonyl (C=O) groups is 1. The van der Waals surface area contributed by atoms with Gasteiger partial charge in [0.1, 0.15) is 40.2 Å². The van der Waals surface area contributed by atoms with Crippen molar-refractivity contribution in [1.29, 1.82) is 0 Å². The van der Waals surface area contributed by atoms with Crippen LogP contribution in [0.4, 0.5) is 0 Å². The van der Waals surface area contributed by atoms with Gasteiger partial charge in [0, 0.05) is 23.1 Å². The average molecular weight is 586 g/mol. The van der Waals surface area contributed by atoms with E-state index < -0.39 is 15.8 Å². The van der Waals surface area contributed by atoms with Crippen LogP contribution >= 0.6 is 23.2 Å². The van der Waals surface area contributed by atoms with E-state index in [9.17, 15) is 13.2 Å². The van der Waals surface area contributed by atoms with Gasteiger partial charge in [-0.05, 0) is 49.2 Å². The van der Waals surface area contributed by atoms with Gasteiger partial charge < -0.3 is 18.7 Å². The Labute approximate surface area is 234 Å². The first-order valence-corrected chi connectivity index (χ1v) is 14.5. The topological polar surface area (TPSA) is 105 Å². The minimum absolute atomic E-state index is 0.0158. The van der Waals surface area contributed by atoms with Crippen molar-refractivity contribution in [3.8, 4) is 28.5 Å². The van der Waals surface area contributed by atoms with Crippen LogP contribution in [-0.4, -0.2) is 26.7 Å². The summed E-state index contributed by atoms with van der Waals surface area (Å²) >= 11 is 12.9. The lowest BCUT2D eigenvalue weighted by Gasteiger charge is -2.12. The number of halogens is 2. The first kappa shape index (κ1) is 25.7. The summed E-state index contributed by atoms with van der Waals surface area (Å²) in [4.78, 5) is 11.9. The average Bonchev–Trinajstić information content (AvgIpc) is 3.69. The van der Waals surface area contributed by atoms with Crippen LogP contribution in [0.1, 0.15) is 46.0 Å². The molecule has 3 aromatic carbocycles. The van der Waals surface area contributed by atoms with Gasteiger partial charge >= 0.3 is 5.97 Å². The molecule has 39 heavy (non-hydrogen) atoms. The molecule has 1 aromatic heterocycles. The SMILES string of the molecule is COC(=O)c1ccc2c(c1)Oc1ccc(OCc3c(-c4c(Cl)cccc4Cl)noc3C3CC3)cc1S(=O)(=O)C2. The fraction of sp³-hybridized carbons (Fsp3) is 0.214. The normalized spacial score (nSPS) is 15.5. The molecule has 1 aliphatic heterocycles. The van der Waals surface area contributed by atoms with Crippen molar-refractivity contribution < 1.29 is 31.9 Å². The van der Waals surface area contributed by atoms with E-state index in [4.69, 9.17) is 41.9 Å². The molecule has 1 saturated carbocycles. The summed E-state index contributed by atoms with van der Waals surface area (Å²) in [6.07, 6.45) is 1.95. The van der Waals surface area contributed by atoms with E-state index >= 15 is 0 Å². The summed E-state index contributed by atoms with van der Waals surface area (Å²) in [6, 6.07) is 14.3. The molecular formula is C28H21Cl2NO7S. The molecule has 1 aliphatic carbocycles. The van der Waals surface area contributed by atoms with Crippen molar-refractivity contribution in [1.82, 2.24) is 5.16 Å². The zero-order chi connectivity index (χ0) is 27.3. The fourth-order valence-corrected chi connectivity index (χ4v) is 6.62. The highest BCUT2D eigenvalue weighted by atomic mass is 35.5. The van der Waals surface area contributed by atoms with E-state index in [2.05, 4.69) is 5.16 Å². The van der Waals surface area contributed by atoms with Crippen LogP contribution in [0.25, 0.3) is 11.3 Å². The number of aromatic nitrogens is 1. The van der Waals surface area contributed by atoms with Crippen LogP contribution in [0.15, 0.2) is 64.0 Å². The molecule has 0 atom stereocenters. The molecule has 0 radical (unpaired) electrons. The van der Waals surface area contributed by atoms with Crippen LogP contribution < -0.4 is 9.47 Å². The number of carbonyl (C=O) groups excluding carboxylic acids is 1. The smallest absolute Gasteiger partial charge is 0.337 e. The summed E-state index contributed by atoms with van der Waals surface area (Å²) in [5.74, 6) is 0.829. The zero-order valence-corrected chi connectivity index (χ0v) is 22.9. The molecule has 0 spiro atoms. The molecule has 0 unspecified atom stereocenters. The maximum absolute atomic E-state index is 13.3. The first-order valence-electron chi connectivity index (χ1n) is 12.1. The number of hydrogen-bond acceptors (Lipinski definition) is 8. The van der Waals surface area contributed by atoms with E-state index in [0.29, 0.717) is 43.9 Å². The number of fused-ring (bicyclic) bond motifs is 2. The molecule has 1 fully saturated rings. The minimum Gasteiger partial charge on any atom is -0.489 e. The van der Waals surface area contributed by atoms with Crippen LogP contribution in [0.2, 0.25) is 10.0 Å². The standard InChI is InChI=1S/C28H21Cl2NO7S/c1-35-28(32)16-7-8-17-14-39(33,34)24-12-18(9-10-22(24)37-23(17)11-16)36-13-19-26(31-38-27(19)15-5-6-15)25-20(29)3-2-4-21(25)30/h2-4,7-12,15H,5-6,13-14H2,1H3. The summed E-state index contributed by atoms with van der Waals surface area (Å²) < 4.78 is 49.1. The van der Waals surface area contributed by atoms with Gasteiger partial charge in [-0.15, -0.1) is 0 Å². The Morgan fingerprint density at radius 2 is 1.82 bits per heavy atom. The van der Waals surface area contributed by atoms with Crippen LogP contribution in [-0.2, 0) is 26.9 Å². The van der Waals surface area contributed by atoms with Crippen molar-refractivity contribution in [2.24, 2.45) is 0 Å². The molecular weight excluding hydrogens is 565 g/mol. The van der Waals surface area contributed by atoms with Gasteiger partial charge in [-0.2, -0.15) is 0 Å². The molecule has 8 nitrogen and oxygen atoms in total. The summed E-state index contributed by atoms with van der Waals surface area (Å²) in [7, 11) is -2.51. The number of ether oxygens (including phenoxy) is 3. The predicted octanol–water partition coefficient (Wildman–Crippen LogP) is 6.97. The molecule has 0 bridgehead atoms. The van der Waals surface area contributed by atoms with E-state index in [0.717, 1.165) is 12.8 Å². The largest absolute Gasteiger partial charge is 0.489 e. The monoisotopic (exact) mass is 585 g/mol. The summed E-state index contributed by atoms with van der Waals surface area (Å²) in [5.41, 5.74) is 2.45. The van der Waals surface area contributed by atoms with E-state index in [1.165, 1.54) is 31.4 Å². The Hall–Kier alpha value is -3.53. The fourth-order valence-electron chi connectivity index (χ4n) is 4.52. The van der Waals surface area contributed by atoms with Gasteiger partial charge in [-0.3, -0.25) is 0 Å². The van der Waals surface area contributed by atoms with Gasteiger partial charge in [-0.1, -0.05) is 40.5 Å². The Morgan fingerprint density at radius 3 is 2.54 bits per heavy atom. The number of rotatable bonds is 6. The third-order valence-corrected chi connectivity index (χ3v) is 8.96. The molecule has 0 amide bonds. The molecule has 2 aliphatic rings. The Balaban J connectivity index is 1.32. The highest BCUT2D eigenvalue weighted by Gasteiger charge is 2.34. The van der Waals surface area contributed by atoms with E-state index in [1.54, 1.807) is 30.3 Å². The molecule has 2 heterocycles. The Kier molecular flexibility index (Phi) is 6.53. The van der Waals surface area contributed by atoms with Gasteiger partial charge in [0.25, 0.3) is 0 Å². The molecule has 11 heteroatoms. The Bertz CT molecular complexity index is 1710. The van der Waals surface area contributed by atoms with Crippen LogP contribution in [0.3, 0.4) is 0 Å². The molecule has 4 aromatic rings. The number of sulfone groups is 1. The van der Waals surface area contributed by atoms with Gasteiger partial charge in [0.15, 0.2) is 9.84 Å². The van der Waals surface area contributed by atoms with Crippen molar-refractivity contribution in [3.05, 3.63) is 87.1 Å². The molecule has 200 valence electrons. The lowest BCUT2D eigenvalue weighted by atomic mass is 10.0. The number of benzene rings is 3. The number of esters is 1. The van der Waals surface area contributed by atoms with Crippen molar-refractivity contribution in [3.63, 3.8) is 0 Å². The lowest BCUT2D eigenvalue weighted by Crippen LogP contribution is -2.05. The van der Waals surface area contributed by atoms with Crippen LogP contribution in [0, 0.1) is 0 Å². The quantitative estimate of drug-likeness (QED) is 0.223. The molecule has 0 N–H and O–H groups in total. The third kappa shape index (κ3) is 4.86. The van der Waals surface area contributed by atoms with E-state index in [1.807, 2.05) is 0 Å². The third-order valence-electron chi connectivity index (χ3n) is 6.65. The lowest BCUT2D eigenvalue weighted by molar-refractivity contribution is 0.0600. The highest BCUT2D eigenvalue weighted by Crippen LogP contribution is 2.46. The minimum atomic E-state index is -3.79.